The number of rotatable bonds is 7. The van der Waals surface area contributed by atoms with Crippen molar-refractivity contribution in [2.75, 3.05) is 26.0 Å². The van der Waals surface area contributed by atoms with Crippen molar-refractivity contribution in [3.05, 3.63) is 0 Å². The van der Waals surface area contributed by atoms with E-state index in [0.29, 0.717) is 0 Å². The number of hydrogen-bond acceptors (Lipinski definition) is 5. The van der Waals surface area contributed by atoms with Gasteiger partial charge in [-0.2, -0.15) is 0 Å². The third kappa shape index (κ3) is 5.42. The van der Waals surface area contributed by atoms with Crippen molar-refractivity contribution < 1.29 is 17.9 Å². The van der Waals surface area contributed by atoms with Crippen LogP contribution in [0.15, 0.2) is 0 Å². The number of nitrogens with zero attached hydrogens (tertiary/aromatic N) is 1. The smallest absolute Gasteiger partial charge is 0.322 e. The lowest BCUT2D eigenvalue weighted by molar-refractivity contribution is -0.137. The van der Waals surface area contributed by atoms with Crippen molar-refractivity contribution in [2.45, 2.75) is 13.8 Å². The zero-order valence-corrected chi connectivity index (χ0v) is 11.8. The zero-order valence-electron chi connectivity index (χ0n) is 10.2. The number of methoxy groups -OCH3 is 1. The molecule has 0 saturated carbocycles. The summed E-state index contributed by atoms with van der Waals surface area (Å²) in [5, 5.41) is 0. The molecule has 0 spiro atoms. The Bertz CT molecular complexity index is 380. The lowest BCUT2D eigenvalue weighted by Crippen LogP contribution is -2.40. The molecule has 0 aromatic rings. The predicted molar refractivity (Wildman–Crippen MR) is 69.0 cm³/mol. The molecule has 1 atom stereocenters. The molecule has 0 saturated heterocycles. The third-order valence-electron chi connectivity index (χ3n) is 2.24. The Balaban J connectivity index is 4.75. The molecule has 0 radical (unpaired) electrons. The van der Waals surface area contributed by atoms with Crippen molar-refractivity contribution in [1.29, 1.82) is 0 Å². The van der Waals surface area contributed by atoms with Gasteiger partial charge >= 0.3 is 5.97 Å². The summed E-state index contributed by atoms with van der Waals surface area (Å²) in [5.74, 6) is -1.69. The van der Waals surface area contributed by atoms with Gasteiger partial charge in [0.15, 0.2) is 5.75 Å². The summed E-state index contributed by atoms with van der Waals surface area (Å²) in [4.78, 5) is 11.2. The number of nitrogens with two attached hydrogens (primary N) is 1. The van der Waals surface area contributed by atoms with E-state index in [4.69, 9.17) is 18.0 Å². The molecular formula is C9H18N2O4S2. The summed E-state index contributed by atoms with van der Waals surface area (Å²) < 4.78 is 29.2. The Kier molecular flexibility index (Phi) is 6.58. The van der Waals surface area contributed by atoms with E-state index in [2.05, 4.69) is 4.74 Å². The van der Waals surface area contributed by atoms with Crippen LogP contribution in [-0.2, 0) is 19.6 Å². The Hall–Kier alpha value is -0.730. The number of sulfonamides is 1. The standard InChI is InChI=1S/C9H18N2O4S2/c1-4-11(5-7(2)9(10)16)17(13,14)6-8(12)15-3/h7H,4-6H2,1-3H3,(H2,10,16). The first kappa shape index (κ1) is 16.3. The van der Waals surface area contributed by atoms with Crippen LogP contribution in [0.2, 0.25) is 0 Å². The Labute approximate surface area is 107 Å². The van der Waals surface area contributed by atoms with Gasteiger partial charge in [0.2, 0.25) is 10.0 Å². The number of ether oxygens (including phenoxy) is 1. The second-order valence-corrected chi connectivity index (χ2v) is 6.03. The van der Waals surface area contributed by atoms with E-state index in [1.807, 2.05) is 0 Å². The van der Waals surface area contributed by atoms with Gasteiger partial charge in [0, 0.05) is 19.0 Å². The minimum absolute atomic E-state index is 0.172. The summed E-state index contributed by atoms with van der Waals surface area (Å²) in [6.07, 6.45) is 0. The molecule has 0 aliphatic carbocycles. The van der Waals surface area contributed by atoms with Crippen LogP contribution in [0.4, 0.5) is 0 Å². The van der Waals surface area contributed by atoms with Crippen LogP contribution in [0.3, 0.4) is 0 Å². The van der Waals surface area contributed by atoms with Gasteiger partial charge in [-0.1, -0.05) is 26.1 Å². The maximum atomic E-state index is 11.8. The van der Waals surface area contributed by atoms with Crippen molar-refractivity contribution >= 4 is 33.2 Å². The first-order valence-corrected chi connectivity index (χ1v) is 7.10. The highest BCUT2D eigenvalue weighted by molar-refractivity contribution is 7.89. The van der Waals surface area contributed by atoms with Crippen LogP contribution in [0, 0.1) is 5.92 Å². The highest BCUT2D eigenvalue weighted by atomic mass is 32.2. The number of carbonyl (C=O) groups is 1. The molecular weight excluding hydrogens is 264 g/mol. The molecule has 0 fully saturated rings. The van der Waals surface area contributed by atoms with E-state index in [-0.39, 0.29) is 24.0 Å². The highest BCUT2D eigenvalue weighted by Crippen LogP contribution is 2.07. The predicted octanol–water partition coefficient (Wildman–Crippen LogP) is -0.267. The first-order chi connectivity index (χ1) is 7.74. The molecule has 1 unspecified atom stereocenters. The second kappa shape index (κ2) is 6.87. The maximum absolute atomic E-state index is 11.8. The van der Waals surface area contributed by atoms with Crippen LogP contribution < -0.4 is 5.73 Å². The Morgan fingerprint density at radius 2 is 2.06 bits per heavy atom. The van der Waals surface area contributed by atoms with E-state index in [1.54, 1.807) is 13.8 Å². The van der Waals surface area contributed by atoms with Gasteiger partial charge in [-0.3, -0.25) is 4.79 Å². The fourth-order valence-corrected chi connectivity index (χ4v) is 2.65. The van der Waals surface area contributed by atoms with Crippen molar-refractivity contribution in [1.82, 2.24) is 4.31 Å². The van der Waals surface area contributed by atoms with E-state index >= 15 is 0 Å². The summed E-state index contributed by atoms with van der Waals surface area (Å²) in [6, 6.07) is 0. The minimum Gasteiger partial charge on any atom is -0.468 e. The Morgan fingerprint density at radius 1 is 1.53 bits per heavy atom. The molecule has 0 aliphatic rings. The van der Waals surface area contributed by atoms with E-state index in [1.165, 1.54) is 4.31 Å². The lowest BCUT2D eigenvalue weighted by atomic mass is 10.2. The molecule has 0 bridgehead atoms. The molecule has 6 nitrogen and oxygen atoms in total. The summed E-state index contributed by atoms with van der Waals surface area (Å²) in [5.41, 5.74) is 5.43. The Morgan fingerprint density at radius 3 is 2.41 bits per heavy atom. The molecule has 0 aliphatic heterocycles. The van der Waals surface area contributed by atoms with Gasteiger partial charge in [-0.25, -0.2) is 12.7 Å². The molecule has 0 aromatic heterocycles. The highest BCUT2D eigenvalue weighted by Gasteiger charge is 2.26. The van der Waals surface area contributed by atoms with Crippen molar-refractivity contribution in [3.8, 4) is 0 Å². The lowest BCUT2D eigenvalue weighted by Gasteiger charge is -2.22. The molecule has 100 valence electrons. The normalized spacial score (nSPS) is 13.4. The third-order valence-corrected chi connectivity index (χ3v) is 4.43. The average molecular weight is 282 g/mol. The van der Waals surface area contributed by atoms with Gasteiger partial charge in [-0.05, 0) is 0 Å². The fraction of sp³-hybridized carbons (Fsp3) is 0.778. The second-order valence-electron chi connectivity index (χ2n) is 3.59. The molecule has 0 amide bonds. The molecule has 0 aromatic carbocycles. The van der Waals surface area contributed by atoms with Crippen LogP contribution in [0.1, 0.15) is 13.8 Å². The SMILES string of the molecule is CCN(CC(C)C(N)=S)S(=O)(=O)CC(=O)OC. The first-order valence-electron chi connectivity index (χ1n) is 5.08. The summed E-state index contributed by atoms with van der Waals surface area (Å²) in [7, 11) is -2.52. The summed E-state index contributed by atoms with van der Waals surface area (Å²) in [6.45, 7) is 3.84. The van der Waals surface area contributed by atoms with Crippen LogP contribution in [-0.4, -0.2) is 49.6 Å². The molecule has 8 heteroatoms. The topological polar surface area (TPSA) is 89.7 Å². The molecule has 0 heterocycles. The van der Waals surface area contributed by atoms with Crippen molar-refractivity contribution in [2.24, 2.45) is 11.7 Å². The van der Waals surface area contributed by atoms with Crippen LogP contribution in [0.5, 0.6) is 0 Å². The minimum atomic E-state index is -3.67. The number of hydrogen-bond donors (Lipinski definition) is 1. The van der Waals surface area contributed by atoms with Gasteiger partial charge in [0.1, 0.15) is 0 Å². The van der Waals surface area contributed by atoms with E-state index in [0.717, 1.165) is 7.11 Å². The van der Waals surface area contributed by atoms with Gasteiger partial charge < -0.3 is 10.5 Å². The van der Waals surface area contributed by atoms with Gasteiger partial charge in [0.05, 0.1) is 12.1 Å². The monoisotopic (exact) mass is 282 g/mol. The number of thiocarbonyl (C=S) groups is 1. The van der Waals surface area contributed by atoms with E-state index in [9.17, 15) is 13.2 Å². The van der Waals surface area contributed by atoms with E-state index < -0.39 is 21.7 Å². The maximum Gasteiger partial charge on any atom is 0.322 e. The molecule has 2 N–H and O–H groups in total. The largest absolute Gasteiger partial charge is 0.468 e. The van der Waals surface area contributed by atoms with Crippen molar-refractivity contribution in [3.63, 3.8) is 0 Å². The van der Waals surface area contributed by atoms with Gasteiger partial charge in [-0.15, -0.1) is 0 Å². The average Bonchev–Trinajstić information content (AvgIpc) is 2.23. The number of esters is 1. The molecule has 0 rings (SSSR count). The quantitative estimate of drug-likeness (QED) is 0.511. The van der Waals surface area contributed by atoms with Crippen LogP contribution in [0.25, 0.3) is 0 Å². The number of carbonyl (C=O) groups excluding carboxylic acids is 1. The van der Waals surface area contributed by atoms with Gasteiger partial charge in [0.25, 0.3) is 0 Å². The molecule has 17 heavy (non-hydrogen) atoms. The fourth-order valence-electron chi connectivity index (χ4n) is 1.13. The summed E-state index contributed by atoms with van der Waals surface area (Å²) >= 11 is 4.78. The zero-order chi connectivity index (χ0) is 13.6. The van der Waals surface area contributed by atoms with Crippen LogP contribution >= 0.6 is 12.2 Å².